The number of carbonyl (C=O) groups is 1. The van der Waals surface area contributed by atoms with Crippen LogP contribution in [-0.4, -0.2) is 33.2 Å². The summed E-state index contributed by atoms with van der Waals surface area (Å²) in [5.74, 6) is 0.477. The lowest BCUT2D eigenvalue weighted by atomic mass is 9.83. The number of halogens is 1. The summed E-state index contributed by atoms with van der Waals surface area (Å²) in [6, 6.07) is 12.1. The predicted molar refractivity (Wildman–Crippen MR) is 120 cm³/mol. The zero-order valence-corrected chi connectivity index (χ0v) is 19.2. The van der Waals surface area contributed by atoms with E-state index in [1.54, 1.807) is 12.1 Å². The van der Waals surface area contributed by atoms with E-state index in [0.29, 0.717) is 17.7 Å². The Bertz CT molecular complexity index is 1050. The number of amides is 1. The van der Waals surface area contributed by atoms with Gasteiger partial charge in [0, 0.05) is 19.0 Å². The van der Waals surface area contributed by atoms with Crippen LogP contribution in [0.15, 0.2) is 42.5 Å². The molecule has 2 aromatic carbocycles. The fourth-order valence-electron chi connectivity index (χ4n) is 3.74. The minimum atomic E-state index is -3.42. The van der Waals surface area contributed by atoms with Gasteiger partial charge in [0.25, 0.3) is 5.91 Å². The minimum Gasteiger partial charge on any atom is -0.487 e. The predicted octanol–water partition coefficient (Wildman–Crippen LogP) is 4.55. The van der Waals surface area contributed by atoms with Gasteiger partial charge in [-0.25, -0.2) is 8.42 Å². The van der Waals surface area contributed by atoms with E-state index in [2.05, 4.69) is 19.2 Å². The van der Waals surface area contributed by atoms with Crippen LogP contribution in [0, 0.1) is 0 Å². The van der Waals surface area contributed by atoms with Gasteiger partial charge < -0.3 is 10.1 Å². The maximum Gasteiger partial charge on any atom is 0.253 e. The topological polar surface area (TPSA) is 75.7 Å². The third-order valence-corrected chi connectivity index (χ3v) is 7.37. The van der Waals surface area contributed by atoms with Crippen LogP contribution in [0.2, 0.25) is 5.02 Å². The fourth-order valence-corrected chi connectivity index (χ4v) is 4.50. The van der Waals surface area contributed by atoms with Crippen LogP contribution < -0.4 is 14.4 Å². The Morgan fingerprint density at radius 1 is 1.23 bits per heavy atom. The van der Waals surface area contributed by atoms with Crippen molar-refractivity contribution in [3.63, 3.8) is 0 Å². The number of ether oxygens (including phenoxy) is 1. The van der Waals surface area contributed by atoms with Crippen molar-refractivity contribution in [2.24, 2.45) is 0 Å². The zero-order chi connectivity index (χ0) is 22.1. The van der Waals surface area contributed by atoms with Gasteiger partial charge in [0.1, 0.15) is 11.4 Å². The number of anilines is 1. The van der Waals surface area contributed by atoms with E-state index in [4.69, 9.17) is 16.3 Å². The second-order valence-electron chi connectivity index (χ2n) is 7.65. The fraction of sp³-hybridized carbons (Fsp3) is 0.409. The first-order valence-electron chi connectivity index (χ1n) is 9.92. The summed E-state index contributed by atoms with van der Waals surface area (Å²) in [6.07, 6.45) is 3.43. The van der Waals surface area contributed by atoms with Gasteiger partial charge in [-0.3, -0.25) is 9.10 Å². The van der Waals surface area contributed by atoms with Crippen molar-refractivity contribution in [2.75, 3.05) is 17.6 Å². The third kappa shape index (κ3) is 4.42. The Hall–Kier alpha value is -2.25. The highest BCUT2D eigenvalue weighted by atomic mass is 35.5. The highest BCUT2D eigenvalue weighted by Crippen LogP contribution is 2.42. The number of nitrogens with one attached hydrogen (secondary N) is 1. The molecule has 8 heteroatoms. The molecular weight excluding hydrogens is 424 g/mol. The summed E-state index contributed by atoms with van der Waals surface area (Å²) < 4.78 is 30.9. The Labute approximate surface area is 183 Å². The molecule has 0 unspecified atom stereocenters. The molecule has 3 rings (SSSR count). The van der Waals surface area contributed by atoms with Crippen molar-refractivity contribution in [1.29, 1.82) is 0 Å². The second kappa shape index (κ2) is 8.47. The van der Waals surface area contributed by atoms with E-state index >= 15 is 0 Å². The van der Waals surface area contributed by atoms with Crippen molar-refractivity contribution in [3.05, 3.63) is 58.6 Å². The number of sulfonamides is 1. The number of para-hydroxylation sites is 1. The first-order valence-corrected chi connectivity index (χ1v) is 12.1. The summed E-state index contributed by atoms with van der Waals surface area (Å²) in [5, 5.41) is 3.29. The second-order valence-corrected chi connectivity index (χ2v) is 10.1. The molecule has 0 saturated carbocycles. The molecule has 1 aliphatic heterocycles. The van der Waals surface area contributed by atoms with Gasteiger partial charge >= 0.3 is 0 Å². The molecule has 1 atom stereocenters. The Morgan fingerprint density at radius 3 is 2.50 bits per heavy atom. The largest absolute Gasteiger partial charge is 0.487 e. The normalized spacial score (nSPS) is 17.6. The van der Waals surface area contributed by atoms with E-state index in [0.717, 1.165) is 34.7 Å². The maximum atomic E-state index is 13.0. The molecule has 1 aliphatic rings. The lowest BCUT2D eigenvalue weighted by molar-refractivity contribution is 0.0227. The smallest absolute Gasteiger partial charge is 0.253 e. The quantitative estimate of drug-likeness (QED) is 0.700. The highest BCUT2D eigenvalue weighted by molar-refractivity contribution is 7.92. The lowest BCUT2D eigenvalue weighted by Gasteiger charge is -2.41. The van der Waals surface area contributed by atoms with Crippen LogP contribution in [0.4, 0.5) is 5.69 Å². The van der Waals surface area contributed by atoms with E-state index in [-0.39, 0.29) is 22.6 Å². The van der Waals surface area contributed by atoms with Gasteiger partial charge in [0.2, 0.25) is 10.0 Å². The van der Waals surface area contributed by atoms with Gasteiger partial charge in [0.05, 0.1) is 28.6 Å². The molecule has 0 aromatic heterocycles. The minimum absolute atomic E-state index is 0.193. The lowest BCUT2D eigenvalue weighted by Crippen LogP contribution is -2.44. The molecule has 162 valence electrons. The van der Waals surface area contributed by atoms with Crippen LogP contribution >= 0.6 is 11.6 Å². The number of carbonyl (C=O) groups excluding carboxylic acids is 1. The molecule has 2 aromatic rings. The van der Waals surface area contributed by atoms with Crippen molar-refractivity contribution >= 4 is 33.2 Å². The summed E-state index contributed by atoms with van der Waals surface area (Å²) in [6.45, 7) is 4.17. The Balaban J connectivity index is 1.88. The molecule has 0 radical (unpaired) electrons. The van der Waals surface area contributed by atoms with Crippen molar-refractivity contribution in [2.45, 2.75) is 44.8 Å². The van der Waals surface area contributed by atoms with Gasteiger partial charge in [-0.1, -0.05) is 43.6 Å². The summed E-state index contributed by atoms with van der Waals surface area (Å²) in [7, 11) is -1.98. The molecule has 1 heterocycles. The monoisotopic (exact) mass is 450 g/mol. The van der Waals surface area contributed by atoms with Gasteiger partial charge in [-0.2, -0.15) is 0 Å². The molecule has 1 amide bonds. The van der Waals surface area contributed by atoms with Crippen LogP contribution in [0.5, 0.6) is 5.75 Å². The van der Waals surface area contributed by atoms with Gasteiger partial charge in [-0.15, -0.1) is 0 Å². The molecule has 0 aliphatic carbocycles. The summed E-state index contributed by atoms with van der Waals surface area (Å²) >= 11 is 6.34. The third-order valence-electron chi connectivity index (χ3n) is 5.85. The van der Waals surface area contributed by atoms with E-state index in [9.17, 15) is 13.2 Å². The number of benzene rings is 2. The molecule has 1 N–H and O–H groups in total. The van der Waals surface area contributed by atoms with Crippen LogP contribution in [0.3, 0.4) is 0 Å². The summed E-state index contributed by atoms with van der Waals surface area (Å²) in [4.78, 5) is 13.0. The highest BCUT2D eigenvalue weighted by Gasteiger charge is 2.39. The van der Waals surface area contributed by atoms with Crippen molar-refractivity contribution < 1.29 is 17.9 Å². The Morgan fingerprint density at radius 2 is 1.90 bits per heavy atom. The number of fused-ring (bicyclic) bond motifs is 1. The van der Waals surface area contributed by atoms with Gasteiger partial charge in [0.15, 0.2) is 0 Å². The first-order chi connectivity index (χ1) is 14.1. The number of hydrogen-bond donors (Lipinski definition) is 1. The average Bonchev–Trinajstić information content (AvgIpc) is 2.72. The number of nitrogens with zero attached hydrogens (tertiary/aromatic N) is 1. The standard InChI is InChI=1S/C22H27ClN2O4S/c1-5-22(6-2)14-19(17-9-7-8-10-20(17)29-22)24-21(26)16-12-11-15(13-18(16)23)25(3)30(4,27)28/h7-13,19H,5-6,14H2,1-4H3,(H,24,26)/t19-/m0/s1. The molecule has 0 spiro atoms. The van der Waals surface area contributed by atoms with E-state index < -0.39 is 10.0 Å². The van der Waals surface area contributed by atoms with Crippen molar-refractivity contribution in [3.8, 4) is 5.75 Å². The SMILES string of the molecule is CCC1(CC)C[C@H](NC(=O)c2ccc(N(C)S(C)(=O)=O)cc2Cl)c2ccccc2O1. The summed E-state index contributed by atoms with van der Waals surface area (Å²) in [5.41, 5.74) is 1.29. The van der Waals surface area contributed by atoms with Crippen LogP contribution in [0.1, 0.15) is 55.1 Å². The van der Waals surface area contributed by atoms with E-state index in [1.807, 2.05) is 24.3 Å². The maximum absolute atomic E-state index is 13.0. The van der Waals surface area contributed by atoms with E-state index in [1.165, 1.54) is 13.1 Å². The molecule has 0 bridgehead atoms. The van der Waals surface area contributed by atoms with Crippen LogP contribution in [0.25, 0.3) is 0 Å². The molecule has 0 fully saturated rings. The van der Waals surface area contributed by atoms with Crippen molar-refractivity contribution in [1.82, 2.24) is 5.32 Å². The molecule has 0 saturated heterocycles. The molecular formula is C22H27ClN2O4S. The van der Waals surface area contributed by atoms with Crippen LogP contribution in [-0.2, 0) is 10.0 Å². The van der Waals surface area contributed by atoms with Gasteiger partial charge in [-0.05, 0) is 37.1 Å². The first kappa shape index (κ1) is 22.4. The number of hydrogen-bond acceptors (Lipinski definition) is 4. The zero-order valence-electron chi connectivity index (χ0n) is 17.6. The molecule has 6 nitrogen and oxygen atoms in total. The average molecular weight is 451 g/mol. The Kier molecular flexibility index (Phi) is 6.34. The number of rotatable bonds is 6. The molecule has 30 heavy (non-hydrogen) atoms.